The summed E-state index contributed by atoms with van der Waals surface area (Å²) in [5.74, 6) is -0.581. The molecule has 4 rings (SSSR count). The fraction of sp³-hybridized carbons (Fsp3) is 0.238. The number of amides is 1. The molecule has 6 heteroatoms. The van der Waals surface area contributed by atoms with Gasteiger partial charge in [-0.05, 0) is 49.1 Å². The van der Waals surface area contributed by atoms with Crippen LogP contribution in [0.15, 0.2) is 59.4 Å². The van der Waals surface area contributed by atoms with Gasteiger partial charge in [-0.3, -0.25) is 14.3 Å². The topological polar surface area (TPSA) is 56.0 Å². The van der Waals surface area contributed by atoms with E-state index in [1.807, 2.05) is 30.3 Å². The smallest absolute Gasteiger partial charge is 0.295 e. The summed E-state index contributed by atoms with van der Waals surface area (Å²) in [5.41, 5.74) is 2.42. The number of carbonyl (C=O) groups is 1. The highest BCUT2D eigenvalue weighted by molar-refractivity contribution is 5.95. The van der Waals surface area contributed by atoms with Crippen molar-refractivity contribution in [2.45, 2.75) is 19.3 Å². The molecule has 1 heterocycles. The van der Waals surface area contributed by atoms with Gasteiger partial charge in [-0.15, -0.1) is 0 Å². The van der Waals surface area contributed by atoms with Gasteiger partial charge in [0.05, 0.1) is 11.4 Å². The molecular weight excluding hydrogens is 345 g/mol. The number of rotatable bonds is 4. The van der Waals surface area contributed by atoms with E-state index in [1.54, 1.807) is 30.8 Å². The Balaban J connectivity index is 1.56. The van der Waals surface area contributed by atoms with E-state index in [9.17, 15) is 14.0 Å². The third kappa shape index (κ3) is 3.07. The number of benzene rings is 2. The van der Waals surface area contributed by atoms with Gasteiger partial charge < -0.3 is 5.32 Å². The minimum absolute atomic E-state index is 0.0750. The zero-order chi connectivity index (χ0) is 19.1. The number of aromatic nitrogens is 2. The van der Waals surface area contributed by atoms with Crippen LogP contribution >= 0.6 is 0 Å². The van der Waals surface area contributed by atoms with Crippen LogP contribution in [0.4, 0.5) is 10.1 Å². The third-order valence-electron chi connectivity index (χ3n) is 5.23. The van der Waals surface area contributed by atoms with E-state index in [1.165, 1.54) is 16.8 Å². The summed E-state index contributed by atoms with van der Waals surface area (Å²) in [6.45, 7) is 1.81. The molecule has 138 valence electrons. The molecule has 0 saturated heterocycles. The van der Waals surface area contributed by atoms with Crippen LogP contribution in [-0.2, 0) is 11.8 Å². The highest BCUT2D eigenvalue weighted by atomic mass is 19.1. The van der Waals surface area contributed by atoms with E-state index >= 15 is 0 Å². The molecule has 2 atom stereocenters. The molecule has 0 radical (unpaired) electrons. The maximum absolute atomic E-state index is 13.1. The SMILES string of the molecule is Cc1c(NC(=O)C2CC2c2ccc(F)cc2)c(=O)n(-c2ccccc2)n1C. The molecule has 1 fully saturated rings. The van der Waals surface area contributed by atoms with Crippen LogP contribution in [-0.4, -0.2) is 15.3 Å². The Morgan fingerprint density at radius 3 is 2.44 bits per heavy atom. The molecule has 2 unspecified atom stereocenters. The van der Waals surface area contributed by atoms with Crippen molar-refractivity contribution in [2.24, 2.45) is 13.0 Å². The number of carbonyl (C=O) groups excluding carboxylic acids is 1. The number of para-hydroxylation sites is 1. The first kappa shape index (κ1) is 17.3. The monoisotopic (exact) mass is 365 g/mol. The lowest BCUT2D eigenvalue weighted by molar-refractivity contribution is -0.117. The zero-order valence-electron chi connectivity index (χ0n) is 15.1. The second kappa shape index (κ2) is 6.54. The molecule has 1 aromatic heterocycles. The summed E-state index contributed by atoms with van der Waals surface area (Å²) in [6.07, 6.45) is 0.705. The minimum Gasteiger partial charge on any atom is -0.320 e. The van der Waals surface area contributed by atoms with Gasteiger partial charge in [0.15, 0.2) is 0 Å². The van der Waals surface area contributed by atoms with Crippen LogP contribution in [0, 0.1) is 18.7 Å². The average molecular weight is 365 g/mol. The summed E-state index contributed by atoms with van der Waals surface area (Å²) >= 11 is 0. The van der Waals surface area contributed by atoms with Gasteiger partial charge in [-0.1, -0.05) is 30.3 Å². The lowest BCUT2D eigenvalue weighted by Gasteiger charge is -2.07. The van der Waals surface area contributed by atoms with Gasteiger partial charge in [-0.25, -0.2) is 9.07 Å². The van der Waals surface area contributed by atoms with Crippen molar-refractivity contribution >= 4 is 11.6 Å². The van der Waals surface area contributed by atoms with Gasteiger partial charge in [-0.2, -0.15) is 0 Å². The van der Waals surface area contributed by atoms with Crippen LogP contribution in [0.3, 0.4) is 0 Å². The quantitative estimate of drug-likeness (QED) is 0.771. The summed E-state index contributed by atoms with van der Waals surface area (Å²) in [6, 6.07) is 15.5. The molecule has 1 amide bonds. The Hall–Kier alpha value is -3.15. The number of hydrogen-bond acceptors (Lipinski definition) is 2. The molecule has 27 heavy (non-hydrogen) atoms. The number of anilines is 1. The summed E-state index contributed by atoms with van der Waals surface area (Å²) in [5, 5.41) is 2.82. The van der Waals surface area contributed by atoms with E-state index in [-0.39, 0.29) is 29.1 Å². The highest BCUT2D eigenvalue weighted by Gasteiger charge is 2.44. The van der Waals surface area contributed by atoms with Crippen molar-refractivity contribution in [2.75, 3.05) is 5.32 Å². The van der Waals surface area contributed by atoms with Crippen LogP contribution < -0.4 is 10.9 Å². The van der Waals surface area contributed by atoms with E-state index < -0.39 is 0 Å². The Bertz CT molecular complexity index is 1050. The fourth-order valence-corrected chi connectivity index (χ4v) is 3.49. The predicted octanol–water partition coefficient (Wildman–Crippen LogP) is 3.37. The van der Waals surface area contributed by atoms with Gasteiger partial charge in [0.25, 0.3) is 5.56 Å². The minimum atomic E-state index is -0.290. The van der Waals surface area contributed by atoms with Crippen LogP contribution in [0.5, 0.6) is 0 Å². The fourth-order valence-electron chi connectivity index (χ4n) is 3.49. The second-order valence-electron chi connectivity index (χ2n) is 6.93. The van der Waals surface area contributed by atoms with Crippen molar-refractivity contribution in [3.8, 4) is 5.69 Å². The molecule has 1 saturated carbocycles. The third-order valence-corrected chi connectivity index (χ3v) is 5.23. The molecular formula is C21H20FN3O2. The second-order valence-corrected chi connectivity index (χ2v) is 6.93. The first-order chi connectivity index (χ1) is 13.0. The van der Waals surface area contributed by atoms with Crippen molar-refractivity contribution in [1.29, 1.82) is 0 Å². The predicted molar refractivity (Wildman–Crippen MR) is 102 cm³/mol. The van der Waals surface area contributed by atoms with Crippen molar-refractivity contribution in [1.82, 2.24) is 9.36 Å². The molecule has 1 aliphatic rings. The molecule has 1 aliphatic carbocycles. The Morgan fingerprint density at radius 2 is 1.78 bits per heavy atom. The molecule has 5 nitrogen and oxygen atoms in total. The number of halogens is 1. The lowest BCUT2D eigenvalue weighted by Crippen LogP contribution is -2.23. The maximum Gasteiger partial charge on any atom is 0.295 e. The molecule has 0 bridgehead atoms. The summed E-state index contributed by atoms with van der Waals surface area (Å²) in [4.78, 5) is 25.5. The number of hydrogen-bond donors (Lipinski definition) is 1. The van der Waals surface area contributed by atoms with Gasteiger partial charge in [0.2, 0.25) is 5.91 Å². The summed E-state index contributed by atoms with van der Waals surface area (Å²) < 4.78 is 16.3. The van der Waals surface area contributed by atoms with Crippen LogP contribution in [0.1, 0.15) is 23.6 Å². The standard InChI is InChI=1S/C21H20FN3O2/c1-13-19(21(27)25(24(13)2)16-6-4-3-5-7-16)23-20(26)18-12-17(18)14-8-10-15(22)11-9-14/h3-11,17-18H,12H2,1-2H3,(H,23,26). The van der Waals surface area contributed by atoms with Crippen molar-refractivity contribution < 1.29 is 9.18 Å². The van der Waals surface area contributed by atoms with Crippen LogP contribution in [0.2, 0.25) is 0 Å². The van der Waals surface area contributed by atoms with Gasteiger partial charge >= 0.3 is 0 Å². The maximum atomic E-state index is 13.1. The van der Waals surface area contributed by atoms with Gasteiger partial charge in [0, 0.05) is 13.0 Å². The number of nitrogens with zero attached hydrogens (tertiary/aromatic N) is 2. The molecule has 1 N–H and O–H groups in total. The van der Waals surface area contributed by atoms with E-state index in [0.29, 0.717) is 17.8 Å². The van der Waals surface area contributed by atoms with Crippen LogP contribution in [0.25, 0.3) is 5.69 Å². The Labute approximate surface area is 156 Å². The number of nitrogens with one attached hydrogen (secondary N) is 1. The highest BCUT2D eigenvalue weighted by Crippen LogP contribution is 2.48. The van der Waals surface area contributed by atoms with Gasteiger partial charge in [0.1, 0.15) is 11.5 Å². The van der Waals surface area contributed by atoms with E-state index in [0.717, 1.165) is 11.3 Å². The molecule has 0 aliphatic heterocycles. The van der Waals surface area contributed by atoms with Crippen molar-refractivity contribution in [3.63, 3.8) is 0 Å². The summed E-state index contributed by atoms with van der Waals surface area (Å²) in [7, 11) is 1.79. The van der Waals surface area contributed by atoms with E-state index in [2.05, 4.69) is 5.32 Å². The lowest BCUT2D eigenvalue weighted by atomic mass is 10.1. The molecule has 3 aromatic rings. The van der Waals surface area contributed by atoms with E-state index in [4.69, 9.17) is 0 Å². The normalized spacial score (nSPS) is 18.3. The first-order valence-electron chi connectivity index (χ1n) is 8.87. The zero-order valence-corrected chi connectivity index (χ0v) is 15.1. The first-order valence-corrected chi connectivity index (χ1v) is 8.87. The Morgan fingerprint density at radius 1 is 1.11 bits per heavy atom. The average Bonchev–Trinajstić information content (AvgIpc) is 3.44. The Kier molecular flexibility index (Phi) is 4.18. The largest absolute Gasteiger partial charge is 0.320 e. The molecule has 2 aromatic carbocycles. The van der Waals surface area contributed by atoms with Crippen molar-refractivity contribution in [3.05, 3.63) is 82.0 Å². The molecule has 0 spiro atoms.